The predicted octanol–water partition coefficient (Wildman–Crippen LogP) is 6.20. The minimum atomic E-state index is 0.0841. The molecular weight excluding hydrogens is 428 g/mol. The molecule has 0 aliphatic heterocycles. The average molecular weight is 451 g/mol. The molecule has 4 aromatic rings. The molecule has 1 aromatic heterocycles. The number of ketones is 1. The summed E-state index contributed by atoms with van der Waals surface area (Å²) in [6, 6.07) is 31.3. The molecule has 0 fully saturated rings. The molecule has 0 bridgehead atoms. The predicted molar refractivity (Wildman–Crippen MR) is 132 cm³/mol. The van der Waals surface area contributed by atoms with Crippen LogP contribution in [0.5, 0.6) is 5.75 Å². The first-order chi connectivity index (χ1) is 16.2. The highest BCUT2D eigenvalue weighted by atomic mass is 32.2. The van der Waals surface area contributed by atoms with Crippen LogP contribution in [-0.4, -0.2) is 23.6 Å². The fourth-order valence-electron chi connectivity index (χ4n) is 3.59. The Morgan fingerprint density at radius 3 is 2.30 bits per heavy atom. The lowest BCUT2D eigenvalue weighted by Gasteiger charge is -2.14. The molecule has 0 saturated carbocycles. The Kier molecular flexibility index (Phi) is 7.19. The minimum absolute atomic E-state index is 0.0841. The summed E-state index contributed by atoms with van der Waals surface area (Å²) in [6.45, 7) is 0. The van der Waals surface area contributed by atoms with Crippen molar-refractivity contribution in [3.8, 4) is 34.2 Å². The van der Waals surface area contributed by atoms with Gasteiger partial charge in [-0.15, -0.1) is 0 Å². The lowest BCUT2D eigenvalue weighted by atomic mass is 9.98. The summed E-state index contributed by atoms with van der Waals surface area (Å²) < 4.78 is 5.56. The van der Waals surface area contributed by atoms with Gasteiger partial charge in [0.15, 0.2) is 0 Å². The van der Waals surface area contributed by atoms with Crippen molar-refractivity contribution in [1.82, 2.24) is 4.98 Å². The second-order valence-corrected chi connectivity index (χ2v) is 8.37. The maximum absolute atomic E-state index is 12.6. The van der Waals surface area contributed by atoms with E-state index < -0.39 is 0 Å². The van der Waals surface area contributed by atoms with Crippen LogP contribution in [0.1, 0.15) is 11.1 Å². The van der Waals surface area contributed by atoms with Crippen molar-refractivity contribution in [3.63, 3.8) is 0 Å². The van der Waals surface area contributed by atoms with Crippen LogP contribution >= 0.6 is 11.8 Å². The molecule has 3 aromatic carbocycles. The third kappa shape index (κ3) is 5.31. The van der Waals surface area contributed by atoms with Crippen LogP contribution in [0.15, 0.2) is 96.0 Å². The Morgan fingerprint density at radius 1 is 0.939 bits per heavy atom. The number of carbonyl (C=O) groups is 1. The number of thioether (sulfide) groups is 1. The van der Waals surface area contributed by atoms with Gasteiger partial charge in [0.1, 0.15) is 22.6 Å². The van der Waals surface area contributed by atoms with Gasteiger partial charge in [0, 0.05) is 23.1 Å². The normalized spacial score (nSPS) is 10.4. The highest BCUT2D eigenvalue weighted by Gasteiger charge is 2.19. The largest absolute Gasteiger partial charge is 0.496 e. The number of methoxy groups -OCH3 is 1. The van der Waals surface area contributed by atoms with E-state index in [4.69, 9.17) is 9.72 Å². The van der Waals surface area contributed by atoms with Crippen LogP contribution in [0.25, 0.3) is 22.4 Å². The molecule has 0 saturated heterocycles. The maximum Gasteiger partial charge on any atom is 0.147 e. The zero-order valence-electron chi connectivity index (χ0n) is 18.2. The Bertz CT molecular complexity index is 1300. The molecule has 0 aliphatic rings. The van der Waals surface area contributed by atoms with Crippen molar-refractivity contribution in [2.45, 2.75) is 11.4 Å². The lowest BCUT2D eigenvalue weighted by molar-refractivity contribution is -0.116. The number of aromatic nitrogens is 1. The molecule has 1 heterocycles. The van der Waals surface area contributed by atoms with E-state index in [2.05, 4.69) is 6.07 Å². The quantitative estimate of drug-likeness (QED) is 0.299. The van der Waals surface area contributed by atoms with Gasteiger partial charge >= 0.3 is 0 Å². The van der Waals surface area contributed by atoms with Crippen LogP contribution in [0.2, 0.25) is 0 Å². The van der Waals surface area contributed by atoms with Crippen LogP contribution in [0.3, 0.4) is 0 Å². The first kappa shape index (κ1) is 22.3. The number of pyridine rings is 1. The van der Waals surface area contributed by atoms with Crippen LogP contribution in [0, 0.1) is 11.3 Å². The van der Waals surface area contributed by atoms with Crippen molar-refractivity contribution in [3.05, 3.63) is 102 Å². The van der Waals surface area contributed by atoms with E-state index in [1.807, 2.05) is 91.0 Å². The van der Waals surface area contributed by atoms with Crippen molar-refractivity contribution < 1.29 is 9.53 Å². The summed E-state index contributed by atoms with van der Waals surface area (Å²) in [5.41, 5.74) is 4.65. The van der Waals surface area contributed by atoms with Crippen molar-refractivity contribution in [2.24, 2.45) is 0 Å². The molecule has 0 unspecified atom stereocenters. The summed E-state index contributed by atoms with van der Waals surface area (Å²) in [5, 5.41) is 10.6. The maximum atomic E-state index is 12.6. The van der Waals surface area contributed by atoms with E-state index in [0.717, 1.165) is 27.9 Å². The van der Waals surface area contributed by atoms with E-state index >= 15 is 0 Å². The highest BCUT2D eigenvalue weighted by Crippen LogP contribution is 2.38. The number of benzene rings is 3. The summed E-state index contributed by atoms with van der Waals surface area (Å²) in [6.07, 6.45) is 0.355. The molecule has 0 N–H and O–H groups in total. The highest BCUT2D eigenvalue weighted by molar-refractivity contribution is 8.00. The molecule has 33 heavy (non-hydrogen) atoms. The van der Waals surface area contributed by atoms with Crippen molar-refractivity contribution >= 4 is 17.5 Å². The number of hydrogen-bond donors (Lipinski definition) is 0. The summed E-state index contributed by atoms with van der Waals surface area (Å²) in [4.78, 5) is 17.4. The van der Waals surface area contributed by atoms with Gasteiger partial charge < -0.3 is 4.74 Å². The molecule has 0 spiro atoms. The lowest BCUT2D eigenvalue weighted by Crippen LogP contribution is -2.06. The SMILES string of the molecule is COc1ccccc1-c1cc(-c2ccccc2)nc(SCC(=O)Cc2ccccc2)c1C#N. The molecule has 4 rings (SSSR count). The molecule has 0 atom stereocenters. The Hall–Kier alpha value is -3.88. The Labute approximate surface area is 197 Å². The van der Waals surface area contributed by atoms with E-state index in [0.29, 0.717) is 22.8 Å². The number of nitriles is 1. The number of hydrogen-bond acceptors (Lipinski definition) is 5. The molecule has 0 aliphatic carbocycles. The monoisotopic (exact) mass is 450 g/mol. The molecule has 0 radical (unpaired) electrons. The summed E-state index contributed by atoms with van der Waals surface area (Å²) in [5.74, 6) is 0.997. The van der Waals surface area contributed by atoms with E-state index in [1.54, 1.807) is 7.11 Å². The summed E-state index contributed by atoms with van der Waals surface area (Å²) >= 11 is 1.31. The zero-order chi connectivity index (χ0) is 23.0. The van der Waals surface area contributed by atoms with Gasteiger partial charge in [-0.05, 0) is 17.7 Å². The van der Waals surface area contributed by atoms with E-state index in [-0.39, 0.29) is 11.5 Å². The number of Topliss-reactive ketones (excluding diaryl/α,β-unsaturated/α-hetero) is 1. The number of nitrogens with zero attached hydrogens (tertiary/aromatic N) is 2. The van der Waals surface area contributed by atoms with Crippen molar-refractivity contribution in [2.75, 3.05) is 12.9 Å². The number of carbonyl (C=O) groups excluding carboxylic acids is 1. The van der Waals surface area contributed by atoms with Gasteiger partial charge in [0.05, 0.1) is 24.1 Å². The molecule has 162 valence electrons. The zero-order valence-corrected chi connectivity index (χ0v) is 19.0. The molecular formula is C28H22N2O2S. The van der Waals surface area contributed by atoms with Gasteiger partial charge in [0.25, 0.3) is 0 Å². The topological polar surface area (TPSA) is 63.0 Å². The van der Waals surface area contributed by atoms with Crippen molar-refractivity contribution in [1.29, 1.82) is 5.26 Å². The standard InChI is InChI=1S/C28H22N2O2S/c1-32-27-15-9-8-14-23(27)24-17-26(21-12-6-3-7-13-21)30-28(25(24)18-29)33-19-22(31)16-20-10-4-2-5-11-20/h2-15,17H,16,19H2,1H3. The minimum Gasteiger partial charge on any atom is -0.496 e. The van der Waals surface area contributed by atoms with Gasteiger partial charge in [-0.3, -0.25) is 4.79 Å². The van der Waals surface area contributed by atoms with E-state index in [9.17, 15) is 10.1 Å². The van der Waals surface area contributed by atoms with Gasteiger partial charge in [0.2, 0.25) is 0 Å². The Morgan fingerprint density at radius 2 is 1.61 bits per heavy atom. The third-order valence-electron chi connectivity index (χ3n) is 5.18. The van der Waals surface area contributed by atoms with Gasteiger partial charge in [-0.25, -0.2) is 4.98 Å². The molecule has 0 amide bonds. The third-order valence-corrected chi connectivity index (χ3v) is 6.21. The first-order valence-electron chi connectivity index (χ1n) is 10.5. The van der Waals surface area contributed by atoms with Gasteiger partial charge in [-0.2, -0.15) is 5.26 Å². The molecule has 5 heteroatoms. The van der Waals surface area contributed by atoms with Crippen LogP contribution in [0.4, 0.5) is 0 Å². The summed E-state index contributed by atoms with van der Waals surface area (Å²) in [7, 11) is 1.61. The van der Waals surface area contributed by atoms with E-state index in [1.165, 1.54) is 11.8 Å². The second-order valence-electron chi connectivity index (χ2n) is 7.40. The number of ether oxygens (including phenoxy) is 1. The fraction of sp³-hybridized carbons (Fsp3) is 0.107. The number of rotatable bonds is 8. The smallest absolute Gasteiger partial charge is 0.147 e. The number of para-hydroxylation sites is 1. The molecule has 4 nitrogen and oxygen atoms in total. The first-order valence-corrected chi connectivity index (χ1v) is 11.5. The Balaban J connectivity index is 1.74. The van der Waals surface area contributed by atoms with Crippen LogP contribution < -0.4 is 4.74 Å². The fourth-order valence-corrected chi connectivity index (χ4v) is 4.46. The van der Waals surface area contributed by atoms with Crippen LogP contribution in [-0.2, 0) is 11.2 Å². The van der Waals surface area contributed by atoms with Gasteiger partial charge in [-0.1, -0.05) is 90.6 Å². The average Bonchev–Trinajstić information content (AvgIpc) is 2.88. The second kappa shape index (κ2) is 10.6.